The van der Waals surface area contributed by atoms with Gasteiger partial charge in [0.2, 0.25) is 11.7 Å². The van der Waals surface area contributed by atoms with Gasteiger partial charge in [-0.1, -0.05) is 47.6 Å². The Balaban J connectivity index is 0.00000240. The lowest BCUT2D eigenvalue weighted by Gasteiger charge is -2.22. The molecule has 7 heteroatoms. The van der Waals surface area contributed by atoms with Crippen LogP contribution < -0.4 is 5.73 Å². The molecule has 1 heterocycles. The van der Waals surface area contributed by atoms with Crippen molar-refractivity contribution in [3.63, 3.8) is 0 Å². The number of benzene rings is 2. The standard InChI is InChI=1S/C22H24N4O2.ClH/c23-12-14-26(13-11-16-5-2-1-3-6-16)22(27)19-8-4-7-18(15-19)20-24-21(28-25-20)17-9-10-17;/h1-8,15,17H,9-14,23H2;1H. The van der Waals surface area contributed by atoms with E-state index in [1.807, 2.05) is 42.5 Å². The van der Waals surface area contributed by atoms with Gasteiger partial charge in [-0.3, -0.25) is 4.79 Å². The van der Waals surface area contributed by atoms with Crippen LogP contribution in [0.25, 0.3) is 11.4 Å². The van der Waals surface area contributed by atoms with Gasteiger partial charge in [-0.05, 0) is 37.0 Å². The summed E-state index contributed by atoms with van der Waals surface area (Å²) >= 11 is 0. The second-order valence-corrected chi connectivity index (χ2v) is 7.13. The van der Waals surface area contributed by atoms with Gasteiger partial charge in [-0.2, -0.15) is 4.98 Å². The minimum Gasteiger partial charge on any atom is -0.339 e. The molecule has 1 fully saturated rings. The van der Waals surface area contributed by atoms with E-state index in [2.05, 4.69) is 22.3 Å². The van der Waals surface area contributed by atoms with Gasteiger partial charge in [0.15, 0.2) is 0 Å². The van der Waals surface area contributed by atoms with Crippen LogP contribution in [0.3, 0.4) is 0 Å². The molecular weight excluding hydrogens is 388 g/mol. The minimum absolute atomic E-state index is 0. The zero-order valence-corrected chi connectivity index (χ0v) is 17.0. The number of carbonyl (C=O) groups excluding carboxylic acids is 1. The maximum atomic E-state index is 13.1. The number of halogens is 1. The fourth-order valence-electron chi connectivity index (χ4n) is 3.20. The molecule has 0 aliphatic heterocycles. The first kappa shape index (κ1) is 21.0. The zero-order valence-electron chi connectivity index (χ0n) is 16.2. The average molecular weight is 413 g/mol. The monoisotopic (exact) mass is 412 g/mol. The fraction of sp³-hybridized carbons (Fsp3) is 0.318. The number of nitrogens with two attached hydrogens (primary N) is 1. The smallest absolute Gasteiger partial charge is 0.253 e. The van der Waals surface area contributed by atoms with Gasteiger partial charge in [0.05, 0.1) is 0 Å². The number of aromatic nitrogens is 2. The molecule has 0 saturated heterocycles. The third kappa shape index (κ3) is 5.22. The van der Waals surface area contributed by atoms with Crippen molar-refractivity contribution >= 4 is 18.3 Å². The summed E-state index contributed by atoms with van der Waals surface area (Å²) in [5.41, 5.74) is 8.34. The van der Waals surface area contributed by atoms with E-state index in [9.17, 15) is 4.79 Å². The number of hydrogen-bond acceptors (Lipinski definition) is 5. The Kier molecular flexibility index (Phi) is 7.01. The Bertz CT molecular complexity index is 941. The van der Waals surface area contributed by atoms with E-state index in [4.69, 9.17) is 10.3 Å². The molecule has 152 valence electrons. The molecule has 4 rings (SSSR count). The molecule has 3 aromatic rings. The highest BCUT2D eigenvalue weighted by Gasteiger charge is 2.29. The maximum Gasteiger partial charge on any atom is 0.253 e. The molecule has 0 bridgehead atoms. The summed E-state index contributed by atoms with van der Waals surface area (Å²) in [7, 11) is 0. The number of carbonyl (C=O) groups is 1. The van der Waals surface area contributed by atoms with Crippen LogP contribution in [0, 0.1) is 0 Å². The van der Waals surface area contributed by atoms with E-state index in [1.54, 1.807) is 4.90 Å². The molecule has 0 unspecified atom stereocenters. The van der Waals surface area contributed by atoms with Crippen LogP contribution in [0.1, 0.15) is 40.6 Å². The SMILES string of the molecule is Cl.NCCN(CCc1ccccc1)C(=O)c1cccc(-c2noc(C3CC3)n2)c1. The summed E-state index contributed by atoms with van der Waals surface area (Å²) in [5.74, 6) is 1.60. The summed E-state index contributed by atoms with van der Waals surface area (Å²) in [6.45, 7) is 1.57. The third-order valence-corrected chi connectivity index (χ3v) is 4.94. The number of rotatable bonds is 8. The van der Waals surface area contributed by atoms with Crippen LogP contribution in [0.4, 0.5) is 0 Å². The first-order chi connectivity index (χ1) is 13.7. The van der Waals surface area contributed by atoms with Crippen LogP contribution in [-0.2, 0) is 6.42 Å². The van der Waals surface area contributed by atoms with Crippen molar-refractivity contribution in [2.45, 2.75) is 25.2 Å². The van der Waals surface area contributed by atoms with Crippen LogP contribution in [0.5, 0.6) is 0 Å². The lowest BCUT2D eigenvalue weighted by Crippen LogP contribution is -2.37. The fourth-order valence-corrected chi connectivity index (χ4v) is 3.20. The summed E-state index contributed by atoms with van der Waals surface area (Å²) in [6.07, 6.45) is 3.01. The van der Waals surface area contributed by atoms with Gasteiger partial charge in [-0.25, -0.2) is 0 Å². The second-order valence-electron chi connectivity index (χ2n) is 7.13. The van der Waals surface area contributed by atoms with E-state index in [0.717, 1.165) is 24.8 Å². The average Bonchev–Trinajstić information content (AvgIpc) is 3.48. The minimum atomic E-state index is -0.0332. The molecule has 1 saturated carbocycles. The molecule has 1 aliphatic carbocycles. The Morgan fingerprint density at radius 2 is 1.90 bits per heavy atom. The van der Waals surface area contributed by atoms with Crippen molar-refractivity contribution in [1.29, 1.82) is 0 Å². The lowest BCUT2D eigenvalue weighted by atomic mass is 10.1. The molecular formula is C22H25ClN4O2. The molecule has 29 heavy (non-hydrogen) atoms. The van der Waals surface area contributed by atoms with Gasteiger partial charge in [0.1, 0.15) is 0 Å². The molecule has 1 amide bonds. The normalized spacial score (nSPS) is 13.0. The highest BCUT2D eigenvalue weighted by molar-refractivity contribution is 5.95. The van der Waals surface area contributed by atoms with E-state index in [-0.39, 0.29) is 18.3 Å². The van der Waals surface area contributed by atoms with Crippen LogP contribution in [0.2, 0.25) is 0 Å². The van der Waals surface area contributed by atoms with E-state index in [1.165, 1.54) is 5.56 Å². The Hall–Kier alpha value is -2.70. The second kappa shape index (κ2) is 9.67. The molecule has 1 aliphatic rings. The zero-order chi connectivity index (χ0) is 19.3. The highest BCUT2D eigenvalue weighted by atomic mass is 35.5. The summed E-state index contributed by atoms with van der Waals surface area (Å²) < 4.78 is 5.34. The molecule has 0 radical (unpaired) electrons. The highest BCUT2D eigenvalue weighted by Crippen LogP contribution is 2.39. The van der Waals surface area contributed by atoms with Crippen molar-refractivity contribution in [3.05, 3.63) is 71.6 Å². The van der Waals surface area contributed by atoms with E-state index >= 15 is 0 Å². The largest absolute Gasteiger partial charge is 0.339 e. The molecule has 2 aromatic carbocycles. The summed E-state index contributed by atoms with van der Waals surface area (Å²) in [5, 5.41) is 4.07. The quantitative estimate of drug-likeness (QED) is 0.610. The third-order valence-electron chi connectivity index (χ3n) is 4.94. The summed E-state index contributed by atoms with van der Waals surface area (Å²) in [4.78, 5) is 19.4. The van der Waals surface area contributed by atoms with Gasteiger partial charge in [-0.15, -0.1) is 12.4 Å². The topological polar surface area (TPSA) is 85.2 Å². The Labute approximate surface area is 176 Å². The predicted octanol–water partition coefficient (Wildman–Crippen LogP) is 3.68. The Morgan fingerprint density at radius 1 is 1.10 bits per heavy atom. The van der Waals surface area contributed by atoms with Crippen molar-refractivity contribution in [2.24, 2.45) is 5.73 Å². The van der Waals surface area contributed by atoms with E-state index in [0.29, 0.717) is 42.8 Å². The number of hydrogen-bond donors (Lipinski definition) is 1. The Morgan fingerprint density at radius 3 is 2.62 bits per heavy atom. The van der Waals surface area contributed by atoms with Crippen LogP contribution in [-0.4, -0.2) is 40.6 Å². The van der Waals surface area contributed by atoms with Crippen LogP contribution >= 0.6 is 12.4 Å². The predicted molar refractivity (Wildman–Crippen MR) is 114 cm³/mol. The van der Waals surface area contributed by atoms with Crippen molar-refractivity contribution < 1.29 is 9.32 Å². The first-order valence-corrected chi connectivity index (χ1v) is 9.72. The number of nitrogens with zero attached hydrogens (tertiary/aromatic N) is 3. The molecule has 2 N–H and O–H groups in total. The first-order valence-electron chi connectivity index (χ1n) is 9.72. The van der Waals surface area contributed by atoms with Crippen LogP contribution in [0.15, 0.2) is 59.1 Å². The maximum absolute atomic E-state index is 13.1. The van der Waals surface area contributed by atoms with Crippen molar-refractivity contribution in [1.82, 2.24) is 15.0 Å². The van der Waals surface area contributed by atoms with Gasteiger partial charge >= 0.3 is 0 Å². The molecule has 6 nitrogen and oxygen atoms in total. The van der Waals surface area contributed by atoms with Gasteiger partial charge < -0.3 is 15.2 Å². The van der Waals surface area contributed by atoms with E-state index < -0.39 is 0 Å². The summed E-state index contributed by atoms with van der Waals surface area (Å²) in [6, 6.07) is 17.5. The molecule has 0 atom stereocenters. The lowest BCUT2D eigenvalue weighted by molar-refractivity contribution is 0.0762. The van der Waals surface area contributed by atoms with Gasteiger partial charge in [0, 0.05) is 36.7 Å². The van der Waals surface area contributed by atoms with Crippen molar-refractivity contribution in [2.75, 3.05) is 19.6 Å². The van der Waals surface area contributed by atoms with Gasteiger partial charge in [0.25, 0.3) is 5.91 Å². The number of amides is 1. The molecule has 1 aromatic heterocycles. The van der Waals surface area contributed by atoms with Crippen molar-refractivity contribution in [3.8, 4) is 11.4 Å². The molecule has 0 spiro atoms.